The highest BCUT2D eigenvalue weighted by Gasteiger charge is 2.33. The van der Waals surface area contributed by atoms with E-state index in [-0.39, 0.29) is 17.0 Å². The monoisotopic (exact) mass is 393 g/mol. The first-order valence-corrected chi connectivity index (χ1v) is 7.51. The fourth-order valence-electron chi connectivity index (χ4n) is 2.01. The number of carboxylic acid groups (broad SMARTS) is 1. The van der Waals surface area contributed by atoms with Crippen LogP contribution in [0.3, 0.4) is 0 Å². The molecule has 0 atom stereocenters. The van der Waals surface area contributed by atoms with Crippen LogP contribution in [0, 0.1) is 0 Å². The van der Waals surface area contributed by atoms with Crippen molar-refractivity contribution in [2.24, 2.45) is 15.3 Å². The lowest BCUT2D eigenvalue weighted by atomic mass is 10.0. The van der Waals surface area contributed by atoms with Crippen molar-refractivity contribution in [3.63, 3.8) is 0 Å². The number of halogens is 1. The van der Waals surface area contributed by atoms with Gasteiger partial charge in [0.15, 0.2) is 0 Å². The summed E-state index contributed by atoms with van der Waals surface area (Å²) in [6.45, 7) is -1.27. The summed E-state index contributed by atoms with van der Waals surface area (Å²) in [5, 5.41) is 18.8. The lowest BCUT2D eigenvalue weighted by molar-refractivity contribution is -0.156. The molecule has 0 aliphatic heterocycles. The Kier molecular flexibility index (Phi) is 8.24. The second-order valence-corrected chi connectivity index (χ2v) is 5.53. The second-order valence-electron chi connectivity index (χ2n) is 5.12. The predicted octanol–water partition coefficient (Wildman–Crippen LogP) is 3.79. The summed E-state index contributed by atoms with van der Waals surface area (Å²) in [7, 11) is 0. The first-order chi connectivity index (χ1) is 12.9. The molecule has 0 aromatic heterocycles. The Morgan fingerprint density at radius 1 is 1.07 bits per heavy atom. The number of hydrogen-bond acceptors (Lipinski definition) is 6. The van der Waals surface area contributed by atoms with Crippen molar-refractivity contribution < 1.29 is 19.4 Å². The number of aromatic carboxylic acids is 1. The molecule has 1 rings (SSSR count). The van der Waals surface area contributed by atoms with Crippen molar-refractivity contribution in [2.45, 2.75) is 12.0 Å². The van der Waals surface area contributed by atoms with Crippen molar-refractivity contribution in [2.75, 3.05) is 19.6 Å². The van der Waals surface area contributed by atoms with E-state index in [1.807, 2.05) is 0 Å². The minimum atomic E-state index is -1.65. The van der Waals surface area contributed by atoms with Gasteiger partial charge in [0.2, 0.25) is 0 Å². The molecule has 13 nitrogen and oxygen atoms in total. The van der Waals surface area contributed by atoms with Crippen LogP contribution in [0.4, 0.5) is 0 Å². The first-order valence-electron chi connectivity index (χ1n) is 7.13. The third-order valence-electron chi connectivity index (χ3n) is 3.21. The molecular weight excluding hydrogens is 382 g/mol. The molecule has 0 aliphatic rings. The van der Waals surface area contributed by atoms with Gasteiger partial charge in [-0.05, 0) is 34.3 Å². The molecule has 0 aliphatic carbocycles. The molecule has 0 amide bonds. The summed E-state index contributed by atoms with van der Waals surface area (Å²) < 4.78 is 5.27. The van der Waals surface area contributed by atoms with Crippen molar-refractivity contribution in [3.8, 4) is 0 Å². The van der Waals surface area contributed by atoms with Crippen LogP contribution in [0.1, 0.15) is 15.9 Å². The van der Waals surface area contributed by atoms with Crippen LogP contribution in [0.25, 0.3) is 31.3 Å². The number of rotatable bonds is 10. The molecule has 0 saturated heterocycles. The first kappa shape index (κ1) is 21.4. The van der Waals surface area contributed by atoms with Crippen LogP contribution in [-0.2, 0) is 16.0 Å². The van der Waals surface area contributed by atoms with Gasteiger partial charge >= 0.3 is 11.9 Å². The minimum Gasteiger partial charge on any atom is -0.478 e. The van der Waals surface area contributed by atoms with Gasteiger partial charge in [-0.2, -0.15) is 0 Å². The molecule has 0 radical (unpaired) electrons. The van der Waals surface area contributed by atoms with Crippen LogP contribution in [-0.4, -0.2) is 42.3 Å². The number of nitrogens with zero attached hydrogens (tertiary/aromatic N) is 9. The van der Waals surface area contributed by atoms with Crippen LogP contribution in [0.15, 0.2) is 33.5 Å². The van der Waals surface area contributed by atoms with E-state index >= 15 is 0 Å². The van der Waals surface area contributed by atoms with Crippen LogP contribution >= 0.6 is 11.6 Å². The average Bonchev–Trinajstić information content (AvgIpc) is 2.62. The second kappa shape index (κ2) is 10.4. The van der Waals surface area contributed by atoms with Gasteiger partial charge in [-0.25, -0.2) is 4.79 Å². The van der Waals surface area contributed by atoms with Gasteiger partial charge in [0.1, 0.15) is 5.60 Å². The van der Waals surface area contributed by atoms with E-state index in [9.17, 15) is 9.59 Å². The molecule has 1 N–H and O–H groups in total. The van der Waals surface area contributed by atoms with Gasteiger partial charge in [-0.3, -0.25) is 4.79 Å². The average molecular weight is 394 g/mol. The normalized spacial score (nSPS) is 11.7. The minimum absolute atomic E-state index is 0.0590. The maximum Gasteiger partial charge on any atom is 0.337 e. The molecule has 0 saturated carbocycles. The number of benzene rings is 1. The zero-order chi connectivity index (χ0) is 20.3. The highest BCUT2D eigenvalue weighted by Crippen LogP contribution is 2.20. The van der Waals surface area contributed by atoms with E-state index in [0.717, 1.165) is 0 Å². The zero-order valence-corrected chi connectivity index (χ0v) is 14.4. The molecule has 0 fully saturated rings. The van der Waals surface area contributed by atoms with Gasteiger partial charge in [0.05, 0.1) is 36.6 Å². The Labute approximate surface area is 156 Å². The molecular formula is C13H12ClN9O4. The zero-order valence-electron chi connectivity index (χ0n) is 13.6. The number of carbonyl (C=O) groups excluding carboxylic acids is 1. The molecule has 0 bridgehead atoms. The number of ether oxygens (including phenoxy) is 1. The summed E-state index contributed by atoms with van der Waals surface area (Å²) in [5.74, 6) is -2.03. The SMILES string of the molecule is [N-]=[N+]=NCC(CN=[N+]=[N-])(CN=[N+]=[N-])OC(=O)Cc1ccc(C(=O)O)c(Cl)c1. The highest BCUT2D eigenvalue weighted by atomic mass is 35.5. The van der Waals surface area contributed by atoms with Crippen molar-refractivity contribution in [3.05, 3.63) is 65.7 Å². The number of azide groups is 3. The van der Waals surface area contributed by atoms with E-state index in [4.69, 9.17) is 38.0 Å². The summed E-state index contributed by atoms with van der Waals surface area (Å²) >= 11 is 5.85. The highest BCUT2D eigenvalue weighted by molar-refractivity contribution is 6.33. The lowest BCUT2D eigenvalue weighted by Gasteiger charge is -2.29. The van der Waals surface area contributed by atoms with Gasteiger partial charge in [0, 0.05) is 14.7 Å². The maximum atomic E-state index is 12.3. The predicted molar refractivity (Wildman–Crippen MR) is 93.0 cm³/mol. The van der Waals surface area contributed by atoms with Gasteiger partial charge in [0.25, 0.3) is 0 Å². The van der Waals surface area contributed by atoms with E-state index in [1.165, 1.54) is 18.2 Å². The molecule has 1 aromatic rings. The summed E-state index contributed by atoms with van der Waals surface area (Å²) in [6.07, 6.45) is -0.301. The Balaban J connectivity index is 3.04. The molecule has 14 heteroatoms. The Morgan fingerprint density at radius 2 is 1.59 bits per heavy atom. The number of hydrogen-bond donors (Lipinski definition) is 1. The van der Waals surface area contributed by atoms with Crippen molar-refractivity contribution in [1.82, 2.24) is 0 Å². The number of carboxylic acids is 1. The van der Waals surface area contributed by atoms with Crippen molar-refractivity contribution >= 4 is 23.5 Å². The van der Waals surface area contributed by atoms with E-state index in [1.54, 1.807) is 0 Å². The van der Waals surface area contributed by atoms with Gasteiger partial charge < -0.3 is 9.84 Å². The fourth-order valence-corrected chi connectivity index (χ4v) is 2.30. The topological polar surface area (TPSA) is 210 Å². The van der Waals surface area contributed by atoms with Crippen LogP contribution < -0.4 is 0 Å². The molecule has 0 spiro atoms. The summed E-state index contributed by atoms with van der Waals surface area (Å²) in [6, 6.07) is 3.91. The summed E-state index contributed by atoms with van der Waals surface area (Å²) in [5.41, 5.74) is 24.1. The third-order valence-corrected chi connectivity index (χ3v) is 3.52. The molecule has 1 aromatic carbocycles. The smallest absolute Gasteiger partial charge is 0.337 e. The maximum absolute atomic E-state index is 12.3. The molecule has 140 valence electrons. The molecule has 0 unspecified atom stereocenters. The number of carbonyl (C=O) groups is 2. The standard InChI is InChI=1S/C13H12ClN9O4/c14-10-3-8(1-2-9(10)12(25)26)4-11(24)27-13(5-18-21-15,6-19-22-16)7-20-23-17/h1-3H,4-7H2,(H,25,26). The van der Waals surface area contributed by atoms with Gasteiger partial charge in [-0.1, -0.05) is 33.0 Å². The fraction of sp³-hybridized carbons (Fsp3) is 0.385. The Bertz CT molecular complexity index is 820. The molecule has 0 heterocycles. The van der Waals surface area contributed by atoms with E-state index in [2.05, 4.69) is 30.1 Å². The van der Waals surface area contributed by atoms with Crippen molar-refractivity contribution in [1.29, 1.82) is 0 Å². The van der Waals surface area contributed by atoms with E-state index < -0.39 is 37.2 Å². The quantitative estimate of drug-likeness (QED) is 0.271. The summed E-state index contributed by atoms with van der Waals surface area (Å²) in [4.78, 5) is 30.9. The Hall–Kier alpha value is -3.62. The Morgan fingerprint density at radius 3 is 2.00 bits per heavy atom. The van der Waals surface area contributed by atoms with Crippen LogP contribution in [0.5, 0.6) is 0 Å². The third kappa shape index (κ3) is 6.65. The lowest BCUT2D eigenvalue weighted by Crippen LogP contribution is -2.44. The van der Waals surface area contributed by atoms with E-state index in [0.29, 0.717) is 5.56 Å². The van der Waals surface area contributed by atoms with Gasteiger partial charge in [-0.15, -0.1) is 0 Å². The number of esters is 1. The molecule has 27 heavy (non-hydrogen) atoms. The largest absolute Gasteiger partial charge is 0.478 e. The van der Waals surface area contributed by atoms with Crippen LogP contribution in [0.2, 0.25) is 5.02 Å².